The molecular formula is C11H14N2O3S. The monoisotopic (exact) mass is 254 g/mol. The fourth-order valence-corrected chi connectivity index (χ4v) is 2.05. The number of benzene rings is 1. The van der Waals surface area contributed by atoms with Crippen LogP contribution in [0, 0.1) is 0 Å². The number of amides is 2. The molecule has 1 saturated carbocycles. The highest BCUT2D eigenvalue weighted by atomic mass is 32.2. The van der Waals surface area contributed by atoms with Gasteiger partial charge in [-0.1, -0.05) is 6.07 Å². The Bertz CT molecular complexity index is 535. The highest BCUT2D eigenvalue weighted by Gasteiger charge is 2.23. The number of carbonyl (C=O) groups excluding carboxylic acids is 1. The summed E-state index contributed by atoms with van der Waals surface area (Å²) in [6.07, 6.45) is 3.16. The lowest BCUT2D eigenvalue weighted by Gasteiger charge is -2.07. The summed E-state index contributed by atoms with van der Waals surface area (Å²) in [7, 11) is -3.24. The van der Waals surface area contributed by atoms with Crippen molar-refractivity contribution in [2.75, 3.05) is 11.6 Å². The summed E-state index contributed by atoms with van der Waals surface area (Å²) in [5.74, 6) is 0. The average Bonchev–Trinajstić information content (AvgIpc) is 3.00. The molecule has 0 bridgehead atoms. The van der Waals surface area contributed by atoms with Gasteiger partial charge in [0.05, 0.1) is 4.90 Å². The average molecular weight is 254 g/mol. The van der Waals surface area contributed by atoms with Crippen LogP contribution in [0.25, 0.3) is 0 Å². The van der Waals surface area contributed by atoms with E-state index in [1.165, 1.54) is 12.1 Å². The predicted molar refractivity (Wildman–Crippen MR) is 64.7 cm³/mol. The summed E-state index contributed by atoms with van der Waals surface area (Å²) < 4.78 is 22.7. The third-order valence-electron chi connectivity index (χ3n) is 2.43. The smallest absolute Gasteiger partial charge is 0.319 e. The Balaban J connectivity index is 2.07. The van der Waals surface area contributed by atoms with Gasteiger partial charge in [-0.25, -0.2) is 13.2 Å². The second-order valence-corrected chi connectivity index (χ2v) is 6.19. The number of anilines is 1. The zero-order chi connectivity index (χ0) is 12.5. The molecule has 1 aliphatic rings. The summed E-state index contributed by atoms with van der Waals surface area (Å²) >= 11 is 0. The molecule has 0 radical (unpaired) electrons. The van der Waals surface area contributed by atoms with Gasteiger partial charge in [-0.15, -0.1) is 0 Å². The van der Waals surface area contributed by atoms with Crippen molar-refractivity contribution >= 4 is 21.6 Å². The van der Waals surface area contributed by atoms with Gasteiger partial charge in [0, 0.05) is 18.0 Å². The molecule has 1 aromatic rings. The summed E-state index contributed by atoms with van der Waals surface area (Å²) in [6.45, 7) is 0. The van der Waals surface area contributed by atoms with Crippen molar-refractivity contribution in [3.05, 3.63) is 24.3 Å². The number of hydrogen-bond acceptors (Lipinski definition) is 3. The molecule has 0 atom stereocenters. The molecule has 1 aliphatic carbocycles. The van der Waals surface area contributed by atoms with Crippen LogP contribution >= 0.6 is 0 Å². The van der Waals surface area contributed by atoms with E-state index in [0.717, 1.165) is 19.1 Å². The minimum absolute atomic E-state index is 0.196. The van der Waals surface area contributed by atoms with Gasteiger partial charge in [0.15, 0.2) is 9.84 Å². The van der Waals surface area contributed by atoms with Crippen LogP contribution in [0.15, 0.2) is 29.2 Å². The van der Waals surface area contributed by atoms with Crippen molar-refractivity contribution in [1.82, 2.24) is 5.32 Å². The summed E-state index contributed by atoms with van der Waals surface area (Å²) in [5.41, 5.74) is 0.478. The Kier molecular flexibility index (Phi) is 3.06. The van der Waals surface area contributed by atoms with Crippen molar-refractivity contribution in [2.24, 2.45) is 0 Å². The Morgan fingerprint density at radius 3 is 2.65 bits per heavy atom. The molecule has 0 saturated heterocycles. The first-order valence-electron chi connectivity index (χ1n) is 5.33. The topological polar surface area (TPSA) is 75.3 Å². The second kappa shape index (κ2) is 4.37. The lowest BCUT2D eigenvalue weighted by atomic mass is 10.3. The number of nitrogens with one attached hydrogen (secondary N) is 2. The fraction of sp³-hybridized carbons (Fsp3) is 0.364. The molecule has 5 nitrogen and oxygen atoms in total. The van der Waals surface area contributed by atoms with E-state index in [1.807, 2.05) is 0 Å². The first-order valence-corrected chi connectivity index (χ1v) is 7.22. The van der Waals surface area contributed by atoms with Gasteiger partial charge in [-0.3, -0.25) is 0 Å². The number of hydrogen-bond donors (Lipinski definition) is 2. The van der Waals surface area contributed by atoms with E-state index in [0.29, 0.717) is 5.69 Å². The van der Waals surface area contributed by atoms with Crippen LogP contribution in [0.4, 0.5) is 10.5 Å². The third-order valence-corrected chi connectivity index (χ3v) is 3.54. The molecular weight excluding hydrogens is 240 g/mol. The van der Waals surface area contributed by atoms with E-state index in [1.54, 1.807) is 12.1 Å². The SMILES string of the molecule is CS(=O)(=O)c1cccc(NC(=O)NC2CC2)c1. The molecule has 2 amide bonds. The predicted octanol–water partition coefficient (Wildman–Crippen LogP) is 1.37. The zero-order valence-corrected chi connectivity index (χ0v) is 10.3. The Hall–Kier alpha value is -1.56. The number of urea groups is 1. The maximum absolute atomic E-state index is 11.5. The maximum Gasteiger partial charge on any atom is 0.319 e. The Labute approximate surface area is 100 Å². The fourth-order valence-electron chi connectivity index (χ4n) is 1.38. The molecule has 1 aromatic carbocycles. The molecule has 6 heteroatoms. The number of rotatable bonds is 3. The lowest BCUT2D eigenvalue weighted by molar-refractivity contribution is 0.251. The van der Waals surface area contributed by atoms with Crippen LogP contribution in [0.2, 0.25) is 0 Å². The molecule has 2 rings (SSSR count). The standard InChI is InChI=1S/C11H14N2O3S/c1-17(15,16)10-4-2-3-9(7-10)13-11(14)12-8-5-6-8/h2-4,7-8H,5-6H2,1H3,(H2,12,13,14). The normalized spacial score (nSPS) is 15.4. The highest BCUT2D eigenvalue weighted by Crippen LogP contribution is 2.19. The first kappa shape index (κ1) is 11.9. The third kappa shape index (κ3) is 3.45. The van der Waals surface area contributed by atoms with Gasteiger partial charge in [-0.05, 0) is 31.0 Å². The van der Waals surface area contributed by atoms with Crippen LogP contribution in [0.5, 0.6) is 0 Å². The van der Waals surface area contributed by atoms with Crippen molar-refractivity contribution in [3.8, 4) is 0 Å². The van der Waals surface area contributed by atoms with Gasteiger partial charge < -0.3 is 10.6 Å². The molecule has 92 valence electrons. The van der Waals surface area contributed by atoms with E-state index in [9.17, 15) is 13.2 Å². The van der Waals surface area contributed by atoms with E-state index < -0.39 is 9.84 Å². The largest absolute Gasteiger partial charge is 0.335 e. The summed E-state index contributed by atoms with van der Waals surface area (Å²) in [4.78, 5) is 11.6. The quantitative estimate of drug-likeness (QED) is 0.855. The zero-order valence-electron chi connectivity index (χ0n) is 9.43. The van der Waals surface area contributed by atoms with Gasteiger partial charge in [0.2, 0.25) is 0 Å². The molecule has 0 aliphatic heterocycles. The van der Waals surface area contributed by atoms with Crippen LogP contribution in [-0.4, -0.2) is 26.7 Å². The van der Waals surface area contributed by atoms with Gasteiger partial charge in [0.1, 0.15) is 0 Å². The molecule has 0 aromatic heterocycles. The Morgan fingerprint density at radius 1 is 1.35 bits per heavy atom. The Morgan fingerprint density at radius 2 is 2.06 bits per heavy atom. The van der Waals surface area contributed by atoms with E-state index >= 15 is 0 Å². The number of sulfone groups is 1. The molecule has 2 N–H and O–H groups in total. The van der Waals surface area contributed by atoms with Gasteiger partial charge in [-0.2, -0.15) is 0 Å². The highest BCUT2D eigenvalue weighted by molar-refractivity contribution is 7.90. The minimum Gasteiger partial charge on any atom is -0.335 e. The van der Waals surface area contributed by atoms with Gasteiger partial charge >= 0.3 is 6.03 Å². The molecule has 0 heterocycles. The molecule has 1 fully saturated rings. The van der Waals surface area contributed by atoms with Crippen LogP contribution in [-0.2, 0) is 9.84 Å². The van der Waals surface area contributed by atoms with Crippen molar-refractivity contribution in [3.63, 3.8) is 0 Å². The summed E-state index contributed by atoms with van der Waals surface area (Å²) in [5, 5.41) is 5.37. The van der Waals surface area contributed by atoms with Crippen molar-refractivity contribution in [2.45, 2.75) is 23.8 Å². The van der Waals surface area contributed by atoms with Crippen molar-refractivity contribution in [1.29, 1.82) is 0 Å². The molecule has 0 spiro atoms. The van der Waals surface area contributed by atoms with Gasteiger partial charge in [0.25, 0.3) is 0 Å². The number of carbonyl (C=O) groups is 1. The second-order valence-electron chi connectivity index (χ2n) is 4.17. The maximum atomic E-state index is 11.5. The molecule has 0 unspecified atom stereocenters. The van der Waals surface area contributed by atoms with Crippen LogP contribution in [0.1, 0.15) is 12.8 Å². The van der Waals surface area contributed by atoms with Crippen LogP contribution < -0.4 is 10.6 Å². The first-order chi connectivity index (χ1) is 7.95. The molecule has 17 heavy (non-hydrogen) atoms. The van der Waals surface area contributed by atoms with E-state index in [-0.39, 0.29) is 17.0 Å². The lowest BCUT2D eigenvalue weighted by Crippen LogP contribution is -2.30. The minimum atomic E-state index is -3.24. The van der Waals surface area contributed by atoms with E-state index in [4.69, 9.17) is 0 Å². The van der Waals surface area contributed by atoms with Crippen LogP contribution in [0.3, 0.4) is 0 Å². The van der Waals surface area contributed by atoms with Crippen molar-refractivity contribution < 1.29 is 13.2 Å². The van der Waals surface area contributed by atoms with E-state index in [2.05, 4.69) is 10.6 Å². The summed E-state index contributed by atoms with van der Waals surface area (Å²) in [6, 6.07) is 6.18.